The number of carboxylic acid groups (broad SMARTS) is 1. The van der Waals surface area contributed by atoms with Gasteiger partial charge in [-0.2, -0.15) is 11.8 Å². The van der Waals surface area contributed by atoms with Crippen LogP contribution in [0.15, 0.2) is 0 Å². The Labute approximate surface area is 72.4 Å². The summed E-state index contributed by atoms with van der Waals surface area (Å²) in [6, 6.07) is 0. The maximum atomic E-state index is 10.3. The van der Waals surface area contributed by atoms with Crippen molar-refractivity contribution in [3.05, 3.63) is 0 Å². The predicted molar refractivity (Wildman–Crippen MR) is 49.0 cm³/mol. The fourth-order valence-corrected chi connectivity index (χ4v) is 1.73. The molecular formula is C8H16O2S. The summed E-state index contributed by atoms with van der Waals surface area (Å²) in [6.07, 6.45) is 2.38. The first-order valence-electron chi connectivity index (χ1n) is 3.99. The molecule has 0 fully saturated rings. The number of hydrogen-bond donors (Lipinski definition) is 1. The smallest absolute Gasteiger partial charge is 0.307 e. The Hall–Kier alpha value is -0.180. The second-order valence-electron chi connectivity index (χ2n) is 2.67. The van der Waals surface area contributed by atoms with E-state index in [0.717, 1.165) is 11.5 Å². The average Bonchev–Trinajstić information content (AvgIpc) is 1.97. The summed E-state index contributed by atoms with van der Waals surface area (Å²) in [4.78, 5) is 10.3. The van der Waals surface area contributed by atoms with Crippen molar-refractivity contribution in [3.63, 3.8) is 0 Å². The molecule has 0 spiro atoms. The molecule has 0 aromatic heterocycles. The van der Waals surface area contributed by atoms with E-state index in [1.54, 1.807) is 18.7 Å². The molecule has 0 heterocycles. The van der Waals surface area contributed by atoms with Crippen LogP contribution in [-0.2, 0) is 4.79 Å². The van der Waals surface area contributed by atoms with Crippen molar-refractivity contribution >= 4 is 17.7 Å². The van der Waals surface area contributed by atoms with Crippen molar-refractivity contribution in [3.8, 4) is 0 Å². The van der Waals surface area contributed by atoms with Gasteiger partial charge in [0, 0.05) is 5.75 Å². The van der Waals surface area contributed by atoms with Gasteiger partial charge in [-0.3, -0.25) is 4.79 Å². The van der Waals surface area contributed by atoms with Crippen LogP contribution in [0.3, 0.4) is 0 Å². The topological polar surface area (TPSA) is 37.3 Å². The van der Waals surface area contributed by atoms with Crippen molar-refractivity contribution in [2.75, 3.05) is 11.5 Å². The van der Waals surface area contributed by atoms with Crippen LogP contribution in [0.4, 0.5) is 0 Å². The Morgan fingerprint density at radius 3 is 2.73 bits per heavy atom. The lowest BCUT2D eigenvalue weighted by Crippen LogP contribution is -2.11. The first kappa shape index (κ1) is 10.8. The Kier molecular flexibility index (Phi) is 6.42. The van der Waals surface area contributed by atoms with Crippen molar-refractivity contribution in [1.29, 1.82) is 0 Å². The van der Waals surface area contributed by atoms with Gasteiger partial charge in [0.15, 0.2) is 0 Å². The van der Waals surface area contributed by atoms with Gasteiger partial charge in [0.05, 0.1) is 5.92 Å². The maximum absolute atomic E-state index is 10.3. The zero-order valence-corrected chi connectivity index (χ0v) is 7.99. The molecule has 0 radical (unpaired) electrons. The summed E-state index contributed by atoms with van der Waals surface area (Å²) in [7, 11) is 0. The number of carbonyl (C=O) groups is 1. The van der Waals surface area contributed by atoms with Crippen LogP contribution < -0.4 is 0 Å². The molecule has 0 aromatic carbocycles. The van der Waals surface area contributed by atoms with E-state index in [1.165, 1.54) is 12.8 Å². The number of rotatable bonds is 6. The van der Waals surface area contributed by atoms with Crippen molar-refractivity contribution in [2.45, 2.75) is 26.7 Å². The minimum Gasteiger partial charge on any atom is -0.481 e. The third-order valence-corrected chi connectivity index (χ3v) is 2.74. The minimum absolute atomic E-state index is 0.197. The summed E-state index contributed by atoms with van der Waals surface area (Å²) in [6.45, 7) is 3.89. The fourth-order valence-electron chi connectivity index (χ4n) is 0.578. The molecule has 1 N–H and O–H groups in total. The van der Waals surface area contributed by atoms with Crippen LogP contribution >= 0.6 is 11.8 Å². The molecule has 11 heavy (non-hydrogen) atoms. The third kappa shape index (κ3) is 6.23. The normalized spacial score (nSPS) is 12.9. The van der Waals surface area contributed by atoms with Gasteiger partial charge < -0.3 is 5.11 Å². The van der Waals surface area contributed by atoms with Crippen LogP contribution in [0.25, 0.3) is 0 Å². The summed E-state index contributed by atoms with van der Waals surface area (Å²) < 4.78 is 0. The Morgan fingerprint density at radius 1 is 1.64 bits per heavy atom. The molecule has 0 aliphatic carbocycles. The first-order valence-corrected chi connectivity index (χ1v) is 5.14. The van der Waals surface area contributed by atoms with Gasteiger partial charge in [0.2, 0.25) is 0 Å². The molecule has 2 nitrogen and oxygen atoms in total. The van der Waals surface area contributed by atoms with E-state index in [4.69, 9.17) is 5.11 Å². The molecule has 0 aliphatic rings. The molecule has 0 aromatic rings. The second-order valence-corrected chi connectivity index (χ2v) is 3.82. The largest absolute Gasteiger partial charge is 0.481 e. The van der Waals surface area contributed by atoms with E-state index in [0.29, 0.717) is 0 Å². The molecular weight excluding hydrogens is 160 g/mol. The number of unbranched alkanes of at least 4 members (excludes halogenated alkanes) is 1. The van der Waals surface area contributed by atoms with Crippen LogP contribution in [0, 0.1) is 5.92 Å². The van der Waals surface area contributed by atoms with E-state index >= 15 is 0 Å². The van der Waals surface area contributed by atoms with Gasteiger partial charge in [-0.05, 0) is 12.2 Å². The van der Waals surface area contributed by atoms with E-state index in [1.807, 2.05) is 0 Å². The number of aliphatic carboxylic acids is 1. The van der Waals surface area contributed by atoms with Crippen molar-refractivity contribution in [2.24, 2.45) is 5.92 Å². The highest BCUT2D eigenvalue weighted by atomic mass is 32.2. The summed E-state index contributed by atoms with van der Waals surface area (Å²) in [5, 5.41) is 8.53. The van der Waals surface area contributed by atoms with E-state index in [-0.39, 0.29) is 5.92 Å². The molecule has 0 bridgehead atoms. The first-order chi connectivity index (χ1) is 5.18. The van der Waals surface area contributed by atoms with E-state index < -0.39 is 5.97 Å². The second kappa shape index (κ2) is 6.53. The predicted octanol–water partition coefficient (Wildman–Crippen LogP) is 2.24. The highest BCUT2D eigenvalue weighted by Gasteiger charge is 2.09. The van der Waals surface area contributed by atoms with Crippen molar-refractivity contribution in [1.82, 2.24) is 0 Å². The Morgan fingerprint density at radius 2 is 2.27 bits per heavy atom. The van der Waals surface area contributed by atoms with Gasteiger partial charge in [-0.25, -0.2) is 0 Å². The third-order valence-electron chi connectivity index (χ3n) is 1.43. The van der Waals surface area contributed by atoms with Crippen LogP contribution in [0.1, 0.15) is 26.7 Å². The molecule has 3 heteroatoms. The number of carboxylic acids is 1. The number of thioether (sulfide) groups is 1. The van der Waals surface area contributed by atoms with E-state index in [2.05, 4.69) is 6.92 Å². The Bertz CT molecular complexity index is 115. The molecule has 0 aliphatic heterocycles. The molecule has 1 unspecified atom stereocenters. The average molecular weight is 176 g/mol. The molecule has 66 valence electrons. The van der Waals surface area contributed by atoms with Gasteiger partial charge in [-0.15, -0.1) is 0 Å². The van der Waals surface area contributed by atoms with Crippen LogP contribution in [-0.4, -0.2) is 22.6 Å². The molecule has 0 rings (SSSR count). The van der Waals surface area contributed by atoms with E-state index in [9.17, 15) is 4.79 Å². The standard InChI is InChI=1S/C8H16O2S/c1-3-4-5-11-6-7(2)8(9)10/h7H,3-6H2,1-2H3,(H,9,10). The van der Waals surface area contributed by atoms with Gasteiger partial charge in [0.25, 0.3) is 0 Å². The number of hydrogen-bond acceptors (Lipinski definition) is 2. The lowest BCUT2D eigenvalue weighted by atomic mass is 10.2. The zero-order valence-electron chi connectivity index (χ0n) is 7.17. The lowest BCUT2D eigenvalue weighted by Gasteiger charge is -2.04. The summed E-state index contributed by atoms with van der Waals surface area (Å²) >= 11 is 1.73. The molecule has 0 amide bonds. The summed E-state index contributed by atoms with van der Waals surface area (Å²) in [5.74, 6) is 0.953. The highest BCUT2D eigenvalue weighted by Crippen LogP contribution is 2.10. The highest BCUT2D eigenvalue weighted by molar-refractivity contribution is 7.99. The molecule has 0 saturated carbocycles. The molecule has 0 saturated heterocycles. The molecule has 1 atom stereocenters. The SMILES string of the molecule is CCCCSCC(C)C(=O)O. The van der Waals surface area contributed by atoms with Gasteiger partial charge in [0.1, 0.15) is 0 Å². The lowest BCUT2D eigenvalue weighted by molar-refractivity contribution is -0.140. The summed E-state index contributed by atoms with van der Waals surface area (Å²) in [5.41, 5.74) is 0. The van der Waals surface area contributed by atoms with Crippen LogP contribution in [0.5, 0.6) is 0 Å². The Balaban J connectivity index is 3.17. The maximum Gasteiger partial charge on any atom is 0.307 e. The fraction of sp³-hybridized carbons (Fsp3) is 0.875. The minimum atomic E-state index is -0.686. The van der Waals surface area contributed by atoms with Crippen molar-refractivity contribution < 1.29 is 9.90 Å². The van der Waals surface area contributed by atoms with Crippen LogP contribution in [0.2, 0.25) is 0 Å². The van der Waals surface area contributed by atoms with Gasteiger partial charge >= 0.3 is 5.97 Å². The monoisotopic (exact) mass is 176 g/mol. The zero-order chi connectivity index (χ0) is 8.69. The quantitative estimate of drug-likeness (QED) is 0.631. The van der Waals surface area contributed by atoms with Gasteiger partial charge in [-0.1, -0.05) is 20.3 Å².